The van der Waals surface area contributed by atoms with E-state index in [1.54, 1.807) is 0 Å². The molecule has 232 valence electrons. The van der Waals surface area contributed by atoms with Crippen LogP contribution in [0.5, 0.6) is 5.75 Å². The third-order valence-electron chi connectivity index (χ3n) is 8.49. The Morgan fingerprint density at radius 2 is 1.48 bits per heavy atom. The number of rotatable bonds is 14. The van der Waals surface area contributed by atoms with Crippen molar-refractivity contribution in [2.75, 3.05) is 13.2 Å². The Morgan fingerprint density at radius 3 is 2.05 bits per heavy atom. The van der Waals surface area contributed by atoms with E-state index in [0.717, 1.165) is 24.2 Å². The summed E-state index contributed by atoms with van der Waals surface area (Å²) < 4.78 is 14.0. The lowest BCUT2D eigenvalue weighted by Gasteiger charge is -2.43. The van der Waals surface area contributed by atoms with Gasteiger partial charge in [-0.2, -0.15) is 0 Å². The van der Waals surface area contributed by atoms with Crippen LogP contribution in [-0.4, -0.2) is 46.2 Å². The molecule has 6 nitrogen and oxygen atoms in total. The monoisotopic (exact) mass is 579 g/mol. The summed E-state index contributed by atoms with van der Waals surface area (Å²) in [7, 11) is 0. The minimum atomic E-state index is -0.868. The van der Waals surface area contributed by atoms with Crippen LogP contribution in [-0.2, 0) is 16.1 Å². The summed E-state index contributed by atoms with van der Waals surface area (Å²) in [5, 5.41) is 22.1. The standard InChI is InChI=1S/C36H53NO5/c1-9-37-29(26-15-11-10-12-16-26)23-27-19-20-28(24-30(27)37)41-21-13-17-31(38)32(39)18-14-22-42-33(40)36(8,35(5,6)7)25-34(2,3)4/h10-12,15-16,19-20,23-24,31-32,38-39H,9,13-14,17-18,21-22,25H2,1-8H3. The van der Waals surface area contributed by atoms with E-state index in [1.807, 2.05) is 19.1 Å². The number of carbonyl (C=O) groups is 1. The number of ether oxygens (including phenoxy) is 2. The van der Waals surface area contributed by atoms with E-state index in [-0.39, 0.29) is 23.4 Å². The molecule has 3 unspecified atom stereocenters. The van der Waals surface area contributed by atoms with Crippen LogP contribution < -0.4 is 4.74 Å². The highest BCUT2D eigenvalue weighted by atomic mass is 16.5. The van der Waals surface area contributed by atoms with Gasteiger partial charge >= 0.3 is 5.97 Å². The van der Waals surface area contributed by atoms with Crippen LogP contribution >= 0.6 is 0 Å². The maximum absolute atomic E-state index is 13.1. The molecule has 0 fully saturated rings. The summed E-state index contributed by atoms with van der Waals surface area (Å²) in [5.74, 6) is 0.596. The second-order valence-electron chi connectivity index (χ2n) is 14.1. The van der Waals surface area contributed by atoms with Crippen molar-refractivity contribution in [1.29, 1.82) is 0 Å². The van der Waals surface area contributed by atoms with Crippen LogP contribution in [0.4, 0.5) is 0 Å². The number of hydrogen-bond donors (Lipinski definition) is 2. The summed E-state index contributed by atoms with van der Waals surface area (Å²) in [5.41, 5.74) is 2.64. The van der Waals surface area contributed by atoms with Crippen LogP contribution in [0.15, 0.2) is 54.6 Å². The summed E-state index contributed by atoms with van der Waals surface area (Å²) in [6.07, 6.45) is 0.922. The van der Waals surface area contributed by atoms with Crippen molar-refractivity contribution < 1.29 is 24.5 Å². The van der Waals surface area contributed by atoms with Crippen molar-refractivity contribution in [3.05, 3.63) is 54.6 Å². The molecule has 2 aromatic carbocycles. The average molecular weight is 580 g/mol. The fourth-order valence-corrected chi connectivity index (χ4v) is 5.70. The van der Waals surface area contributed by atoms with Crippen LogP contribution in [0.3, 0.4) is 0 Å². The first-order valence-corrected chi connectivity index (χ1v) is 15.5. The maximum atomic E-state index is 13.1. The zero-order valence-corrected chi connectivity index (χ0v) is 27.1. The molecule has 3 aromatic rings. The number of aromatic nitrogens is 1. The summed E-state index contributed by atoms with van der Waals surface area (Å²) in [4.78, 5) is 13.1. The molecule has 3 atom stereocenters. The van der Waals surface area contributed by atoms with Crippen molar-refractivity contribution in [3.63, 3.8) is 0 Å². The molecular formula is C36H53NO5. The molecule has 0 aliphatic heterocycles. The van der Waals surface area contributed by atoms with Gasteiger partial charge in [0.1, 0.15) is 5.75 Å². The molecule has 2 N–H and O–H groups in total. The molecule has 0 spiro atoms. The van der Waals surface area contributed by atoms with Crippen molar-refractivity contribution in [2.24, 2.45) is 16.2 Å². The predicted octanol–water partition coefficient (Wildman–Crippen LogP) is 8.02. The van der Waals surface area contributed by atoms with E-state index in [1.165, 1.54) is 16.6 Å². The van der Waals surface area contributed by atoms with Crippen molar-refractivity contribution in [2.45, 2.75) is 106 Å². The number of aliphatic hydroxyl groups excluding tert-OH is 2. The van der Waals surface area contributed by atoms with Gasteiger partial charge in [-0.15, -0.1) is 0 Å². The minimum absolute atomic E-state index is 0.00936. The number of aryl methyl sites for hydroxylation is 1. The third-order valence-corrected chi connectivity index (χ3v) is 8.49. The van der Waals surface area contributed by atoms with Crippen molar-refractivity contribution in [3.8, 4) is 17.0 Å². The molecule has 1 heterocycles. The molecule has 0 aliphatic rings. The number of nitrogens with zero attached hydrogens (tertiary/aromatic N) is 1. The number of carbonyl (C=O) groups excluding carboxylic acids is 1. The summed E-state index contributed by atoms with van der Waals surface area (Å²) in [6.45, 7) is 18.3. The Morgan fingerprint density at radius 1 is 0.857 bits per heavy atom. The Hall–Kier alpha value is -2.83. The van der Waals surface area contributed by atoms with E-state index in [9.17, 15) is 15.0 Å². The van der Waals surface area contributed by atoms with Gasteiger partial charge < -0.3 is 24.3 Å². The number of hydrogen-bond acceptors (Lipinski definition) is 5. The zero-order valence-electron chi connectivity index (χ0n) is 27.1. The molecule has 0 bridgehead atoms. The predicted molar refractivity (Wildman–Crippen MR) is 172 cm³/mol. The highest BCUT2D eigenvalue weighted by Crippen LogP contribution is 2.47. The van der Waals surface area contributed by atoms with E-state index < -0.39 is 17.6 Å². The fourth-order valence-electron chi connectivity index (χ4n) is 5.70. The molecule has 6 heteroatoms. The van der Waals surface area contributed by atoms with E-state index >= 15 is 0 Å². The van der Waals surface area contributed by atoms with Gasteiger partial charge in [0.25, 0.3) is 0 Å². The van der Waals surface area contributed by atoms with Crippen LogP contribution in [0.25, 0.3) is 22.2 Å². The molecule has 0 saturated carbocycles. The molecule has 0 radical (unpaired) electrons. The minimum Gasteiger partial charge on any atom is -0.494 e. The highest BCUT2D eigenvalue weighted by Gasteiger charge is 2.47. The molecule has 0 amide bonds. The largest absolute Gasteiger partial charge is 0.494 e. The number of aliphatic hydroxyl groups is 2. The third kappa shape index (κ3) is 8.61. The van der Waals surface area contributed by atoms with Gasteiger partial charge in [0.05, 0.1) is 36.4 Å². The molecule has 0 aliphatic carbocycles. The fraction of sp³-hybridized carbons (Fsp3) is 0.583. The lowest BCUT2D eigenvalue weighted by atomic mass is 9.61. The lowest BCUT2D eigenvalue weighted by molar-refractivity contribution is -0.165. The van der Waals surface area contributed by atoms with Crippen molar-refractivity contribution >= 4 is 16.9 Å². The average Bonchev–Trinajstić information content (AvgIpc) is 3.29. The second-order valence-corrected chi connectivity index (χ2v) is 14.1. The van der Waals surface area contributed by atoms with E-state index in [4.69, 9.17) is 9.47 Å². The Labute approximate surface area is 253 Å². The second kappa shape index (κ2) is 14.1. The van der Waals surface area contributed by atoms with E-state index in [2.05, 4.69) is 95.5 Å². The Balaban J connectivity index is 1.44. The number of benzene rings is 2. The Bertz CT molecular complexity index is 1280. The summed E-state index contributed by atoms with van der Waals surface area (Å²) >= 11 is 0. The van der Waals surface area contributed by atoms with Crippen LogP contribution in [0.2, 0.25) is 0 Å². The normalized spacial score (nSPS) is 15.3. The first-order valence-electron chi connectivity index (χ1n) is 15.5. The summed E-state index contributed by atoms with van der Waals surface area (Å²) in [6, 6.07) is 18.7. The number of esters is 1. The molecular weight excluding hydrogens is 526 g/mol. The first kappa shape index (κ1) is 33.7. The van der Waals surface area contributed by atoms with Crippen molar-refractivity contribution in [1.82, 2.24) is 4.57 Å². The first-order chi connectivity index (χ1) is 19.7. The Kier molecular flexibility index (Phi) is 11.3. The molecule has 0 saturated heterocycles. The quantitative estimate of drug-likeness (QED) is 0.149. The zero-order chi connectivity index (χ0) is 31.1. The smallest absolute Gasteiger partial charge is 0.312 e. The van der Waals surface area contributed by atoms with Gasteiger partial charge in [-0.3, -0.25) is 4.79 Å². The van der Waals surface area contributed by atoms with Gasteiger partial charge in [0.2, 0.25) is 0 Å². The van der Waals surface area contributed by atoms with Crippen LogP contribution in [0.1, 0.15) is 87.5 Å². The molecule has 42 heavy (non-hydrogen) atoms. The molecule has 1 aromatic heterocycles. The highest BCUT2D eigenvalue weighted by molar-refractivity contribution is 5.88. The maximum Gasteiger partial charge on any atom is 0.312 e. The number of fused-ring (bicyclic) bond motifs is 1. The molecule has 3 rings (SSSR count). The SMILES string of the molecule is CCn1c(-c2ccccc2)cc2ccc(OCCCC(O)C(O)CCCOC(=O)C(C)(CC(C)(C)C)C(C)(C)C)cc21. The lowest BCUT2D eigenvalue weighted by Crippen LogP contribution is -2.44. The van der Waals surface area contributed by atoms with Gasteiger partial charge in [-0.05, 0) is 80.5 Å². The van der Waals surface area contributed by atoms with Gasteiger partial charge in [-0.1, -0.05) is 71.9 Å². The topological polar surface area (TPSA) is 80.9 Å². The van der Waals surface area contributed by atoms with E-state index in [0.29, 0.717) is 32.3 Å². The van der Waals surface area contributed by atoms with Gasteiger partial charge in [-0.25, -0.2) is 0 Å². The van der Waals surface area contributed by atoms with Gasteiger partial charge in [0.15, 0.2) is 0 Å². The van der Waals surface area contributed by atoms with Gasteiger partial charge in [0, 0.05) is 23.7 Å². The van der Waals surface area contributed by atoms with Crippen LogP contribution in [0, 0.1) is 16.2 Å².